The summed E-state index contributed by atoms with van der Waals surface area (Å²) >= 11 is 0. The minimum atomic E-state index is -0.322. The van der Waals surface area contributed by atoms with Gasteiger partial charge in [0.25, 0.3) is 0 Å². The second-order valence-electron chi connectivity index (χ2n) is 2.77. The van der Waals surface area contributed by atoms with Crippen LogP contribution in [0.1, 0.15) is 17.7 Å². The van der Waals surface area contributed by atoms with Gasteiger partial charge in [0.05, 0.1) is 11.9 Å². The van der Waals surface area contributed by atoms with E-state index in [-0.39, 0.29) is 12.4 Å². The third-order valence-electron chi connectivity index (χ3n) is 1.66. The molecule has 0 atom stereocenters. The highest BCUT2D eigenvalue weighted by Gasteiger charge is 1.96. The second kappa shape index (κ2) is 4.72. The van der Waals surface area contributed by atoms with E-state index in [1.54, 1.807) is 13.0 Å². The SMILES string of the molecule is Cc1cc(F)cnc1C=CCCO. The number of aliphatic hydroxyl groups excluding tert-OH is 1. The Balaban J connectivity index is 2.77. The first kappa shape index (κ1) is 9.86. The zero-order valence-electron chi connectivity index (χ0n) is 7.50. The maximum Gasteiger partial charge on any atom is 0.141 e. The third kappa shape index (κ3) is 2.95. The summed E-state index contributed by atoms with van der Waals surface area (Å²) in [7, 11) is 0. The number of aromatic nitrogens is 1. The highest BCUT2D eigenvalue weighted by Crippen LogP contribution is 2.08. The van der Waals surface area contributed by atoms with Gasteiger partial charge in [0.2, 0.25) is 0 Å². The van der Waals surface area contributed by atoms with Crippen LogP contribution in [-0.2, 0) is 0 Å². The van der Waals surface area contributed by atoms with E-state index in [9.17, 15) is 4.39 Å². The molecule has 13 heavy (non-hydrogen) atoms. The molecule has 1 heterocycles. The van der Waals surface area contributed by atoms with Crippen LogP contribution in [0.25, 0.3) is 6.08 Å². The van der Waals surface area contributed by atoms with Crippen LogP contribution >= 0.6 is 0 Å². The number of aliphatic hydroxyl groups is 1. The Morgan fingerprint density at radius 2 is 2.38 bits per heavy atom. The quantitative estimate of drug-likeness (QED) is 0.772. The summed E-state index contributed by atoms with van der Waals surface area (Å²) in [6.45, 7) is 1.92. The molecule has 1 aromatic heterocycles. The molecule has 0 spiro atoms. The first-order valence-corrected chi connectivity index (χ1v) is 4.13. The van der Waals surface area contributed by atoms with Crippen LogP contribution in [-0.4, -0.2) is 16.7 Å². The number of rotatable bonds is 3. The molecule has 0 unspecified atom stereocenters. The predicted molar refractivity (Wildman–Crippen MR) is 49.7 cm³/mol. The Bertz CT molecular complexity index is 310. The van der Waals surface area contributed by atoms with E-state index in [0.29, 0.717) is 6.42 Å². The number of pyridine rings is 1. The molecule has 0 saturated heterocycles. The smallest absolute Gasteiger partial charge is 0.141 e. The van der Waals surface area contributed by atoms with E-state index in [0.717, 1.165) is 11.3 Å². The molecule has 0 radical (unpaired) electrons. The number of hydrogen-bond acceptors (Lipinski definition) is 2. The number of halogens is 1. The summed E-state index contributed by atoms with van der Waals surface area (Å²) in [5.74, 6) is -0.322. The molecule has 70 valence electrons. The fourth-order valence-electron chi connectivity index (χ4n) is 0.995. The van der Waals surface area contributed by atoms with Gasteiger partial charge in [-0.3, -0.25) is 4.98 Å². The van der Waals surface area contributed by atoms with Crippen molar-refractivity contribution in [3.05, 3.63) is 35.4 Å². The summed E-state index contributed by atoms with van der Waals surface area (Å²) in [4.78, 5) is 3.91. The molecule has 0 saturated carbocycles. The van der Waals surface area contributed by atoms with Crippen molar-refractivity contribution in [2.75, 3.05) is 6.61 Å². The van der Waals surface area contributed by atoms with Crippen LogP contribution in [0.4, 0.5) is 4.39 Å². The largest absolute Gasteiger partial charge is 0.396 e. The summed E-state index contributed by atoms with van der Waals surface area (Å²) in [5.41, 5.74) is 1.55. The molecular weight excluding hydrogens is 169 g/mol. The first-order valence-electron chi connectivity index (χ1n) is 4.13. The zero-order chi connectivity index (χ0) is 9.68. The molecule has 0 aliphatic rings. The van der Waals surface area contributed by atoms with Crippen molar-refractivity contribution in [2.45, 2.75) is 13.3 Å². The molecule has 0 amide bonds. The molecule has 0 aromatic carbocycles. The van der Waals surface area contributed by atoms with Crippen molar-refractivity contribution in [1.82, 2.24) is 4.98 Å². The van der Waals surface area contributed by atoms with Gasteiger partial charge in [0.1, 0.15) is 5.82 Å². The van der Waals surface area contributed by atoms with Crippen molar-refractivity contribution in [2.24, 2.45) is 0 Å². The molecular formula is C10H12FNO. The maximum absolute atomic E-state index is 12.6. The van der Waals surface area contributed by atoms with Crippen molar-refractivity contribution < 1.29 is 9.50 Å². The molecule has 0 bridgehead atoms. The van der Waals surface area contributed by atoms with Crippen molar-refractivity contribution in [3.8, 4) is 0 Å². The molecule has 0 fully saturated rings. The first-order chi connectivity index (χ1) is 6.24. The molecule has 2 nitrogen and oxygen atoms in total. The van der Waals surface area contributed by atoms with E-state index in [1.807, 2.05) is 6.08 Å². The molecule has 0 aliphatic heterocycles. The second-order valence-corrected chi connectivity index (χ2v) is 2.77. The van der Waals surface area contributed by atoms with Gasteiger partial charge in [0.15, 0.2) is 0 Å². The maximum atomic E-state index is 12.6. The number of hydrogen-bond donors (Lipinski definition) is 1. The molecule has 3 heteroatoms. The van der Waals surface area contributed by atoms with Gasteiger partial charge in [-0.25, -0.2) is 4.39 Å². The van der Waals surface area contributed by atoms with E-state index < -0.39 is 0 Å². The van der Waals surface area contributed by atoms with Gasteiger partial charge in [-0.15, -0.1) is 0 Å². The van der Waals surface area contributed by atoms with E-state index in [4.69, 9.17) is 5.11 Å². The lowest BCUT2D eigenvalue weighted by molar-refractivity contribution is 0.303. The van der Waals surface area contributed by atoms with Crippen LogP contribution in [0.3, 0.4) is 0 Å². The van der Waals surface area contributed by atoms with Crippen LogP contribution in [0.5, 0.6) is 0 Å². The fraction of sp³-hybridized carbons (Fsp3) is 0.300. The Kier molecular flexibility index (Phi) is 3.58. The Morgan fingerprint density at radius 1 is 1.62 bits per heavy atom. The van der Waals surface area contributed by atoms with Crippen LogP contribution in [0.2, 0.25) is 0 Å². The molecule has 0 aliphatic carbocycles. The Morgan fingerprint density at radius 3 is 3.00 bits per heavy atom. The Labute approximate surface area is 76.7 Å². The van der Waals surface area contributed by atoms with E-state index in [2.05, 4.69) is 4.98 Å². The average molecular weight is 181 g/mol. The highest BCUT2D eigenvalue weighted by atomic mass is 19.1. The van der Waals surface area contributed by atoms with E-state index in [1.165, 1.54) is 12.3 Å². The summed E-state index contributed by atoms with van der Waals surface area (Å²) in [5, 5.41) is 8.53. The lowest BCUT2D eigenvalue weighted by atomic mass is 10.2. The van der Waals surface area contributed by atoms with Gasteiger partial charge < -0.3 is 5.11 Å². The summed E-state index contributed by atoms with van der Waals surface area (Å²) in [6.07, 6.45) is 5.38. The monoisotopic (exact) mass is 181 g/mol. The van der Waals surface area contributed by atoms with Crippen molar-refractivity contribution in [3.63, 3.8) is 0 Å². The molecule has 1 N–H and O–H groups in total. The zero-order valence-corrected chi connectivity index (χ0v) is 7.50. The van der Waals surface area contributed by atoms with Gasteiger partial charge >= 0.3 is 0 Å². The highest BCUT2D eigenvalue weighted by molar-refractivity contribution is 5.48. The van der Waals surface area contributed by atoms with Crippen molar-refractivity contribution >= 4 is 6.08 Å². The van der Waals surface area contributed by atoms with Crippen LogP contribution < -0.4 is 0 Å². The minimum absolute atomic E-state index is 0.122. The molecule has 1 aromatic rings. The van der Waals surface area contributed by atoms with Gasteiger partial charge in [-0.1, -0.05) is 6.08 Å². The van der Waals surface area contributed by atoms with Crippen LogP contribution in [0, 0.1) is 12.7 Å². The lowest BCUT2D eigenvalue weighted by Gasteiger charge is -1.98. The fourth-order valence-corrected chi connectivity index (χ4v) is 0.995. The van der Waals surface area contributed by atoms with Gasteiger partial charge in [-0.05, 0) is 31.1 Å². The van der Waals surface area contributed by atoms with Crippen molar-refractivity contribution in [1.29, 1.82) is 0 Å². The topological polar surface area (TPSA) is 33.1 Å². The Hall–Kier alpha value is -1.22. The van der Waals surface area contributed by atoms with Gasteiger partial charge in [0, 0.05) is 6.61 Å². The minimum Gasteiger partial charge on any atom is -0.396 e. The summed E-state index contributed by atoms with van der Waals surface area (Å²) < 4.78 is 12.6. The predicted octanol–water partition coefficient (Wildman–Crippen LogP) is 1.92. The number of aryl methyl sites for hydroxylation is 1. The lowest BCUT2D eigenvalue weighted by Crippen LogP contribution is -1.88. The summed E-state index contributed by atoms with van der Waals surface area (Å²) in [6, 6.07) is 1.44. The van der Waals surface area contributed by atoms with E-state index >= 15 is 0 Å². The van der Waals surface area contributed by atoms with Gasteiger partial charge in [-0.2, -0.15) is 0 Å². The number of nitrogens with zero attached hydrogens (tertiary/aromatic N) is 1. The standard InChI is InChI=1S/C10H12FNO/c1-8-6-9(11)7-12-10(8)4-2-3-5-13/h2,4,6-7,13H,3,5H2,1H3. The molecule has 1 rings (SSSR count). The van der Waals surface area contributed by atoms with Crippen LogP contribution in [0.15, 0.2) is 18.3 Å². The normalized spacial score (nSPS) is 11.0. The average Bonchev–Trinajstić information content (AvgIpc) is 2.09. The third-order valence-corrected chi connectivity index (χ3v) is 1.66.